The number of nitrogens with one attached hydrogen (secondary N) is 2. The third kappa shape index (κ3) is 1.85. The van der Waals surface area contributed by atoms with Gasteiger partial charge in [-0.05, 0) is 38.3 Å². The van der Waals surface area contributed by atoms with Crippen LogP contribution in [0.2, 0.25) is 4.34 Å². The fourth-order valence-electron chi connectivity index (χ4n) is 2.42. The Kier molecular flexibility index (Phi) is 2.64. The molecule has 5 heteroatoms. The zero-order chi connectivity index (χ0) is 12.0. The highest BCUT2D eigenvalue weighted by molar-refractivity contribution is 7.16. The van der Waals surface area contributed by atoms with Crippen molar-refractivity contribution in [2.75, 3.05) is 5.32 Å². The summed E-state index contributed by atoms with van der Waals surface area (Å²) in [5.74, 6) is 0. The highest BCUT2D eigenvalue weighted by atomic mass is 35.5. The third-order valence-electron chi connectivity index (χ3n) is 3.29. The maximum atomic E-state index is 6.06. The van der Waals surface area contributed by atoms with Crippen LogP contribution >= 0.6 is 22.9 Å². The van der Waals surface area contributed by atoms with Crippen LogP contribution in [-0.2, 0) is 6.42 Å². The maximum Gasteiger partial charge on any atom is 0.0934 e. The van der Waals surface area contributed by atoms with Crippen molar-refractivity contribution in [1.29, 1.82) is 0 Å². The van der Waals surface area contributed by atoms with Gasteiger partial charge in [-0.25, -0.2) is 0 Å². The molecule has 1 aliphatic carbocycles. The molecule has 0 radical (unpaired) electrons. The Hall–Kier alpha value is -1.00. The molecule has 0 fully saturated rings. The van der Waals surface area contributed by atoms with Crippen LogP contribution in [0.5, 0.6) is 0 Å². The number of halogens is 1. The van der Waals surface area contributed by atoms with Crippen LogP contribution in [-0.4, -0.2) is 10.2 Å². The summed E-state index contributed by atoms with van der Waals surface area (Å²) >= 11 is 7.76. The molecule has 2 aromatic heterocycles. The zero-order valence-electron chi connectivity index (χ0n) is 9.80. The number of aromatic amines is 1. The van der Waals surface area contributed by atoms with Crippen LogP contribution in [0.1, 0.15) is 34.3 Å². The van der Waals surface area contributed by atoms with Crippen molar-refractivity contribution in [2.24, 2.45) is 0 Å². The highest BCUT2D eigenvalue weighted by Crippen LogP contribution is 2.41. The van der Waals surface area contributed by atoms with Crippen molar-refractivity contribution < 1.29 is 0 Å². The minimum atomic E-state index is 0.378. The lowest BCUT2D eigenvalue weighted by Gasteiger charge is -2.14. The number of nitrogens with zero attached hydrogens (tertiary/aromatic N) is 1. The summed E-state index contributed by atoms with van der Waals surface area (Å²) in [5, 5.41) is 10.8. The summed E-state index contributed by atoms with van der Waals surface area (Å²) < 4.78 is 0.891. The van der Waals surface area contributed by atoms with Gasteiger partial charge in [-0.1, -0.05) is 11.6 Å². The van der Waals surface area contributed by atoms with E-state index in [4.69, 9.17) is 11.6 Å². The van der Waals surface area contributed by atoms with Gasteiger partial charge in [-0.3, -0.25) is 5.10 Å². The fourth-order valence-corrected chi connectivity index (χ4v) is 3.77. The normalized spacial score (nSPS) is 18.4. The molecule has 0 saturated carbocycles. The monoisotopic (exact) mass is 267 g/mol. The SMILES string of the molecule is Cc1n[nH]c(C)c1NC1CCc2sc(Cl)cc21. The molecule has 2 aromatic rings. The molecule has 1 unspecified atom stereocenters. The van der Waals surface area contributed by atoms with E-state index >= 15 is 0 Å². The van der Waals surface area contributed by atoms with Crippen molar-refractivity contribution >= 4 is 28.6 Å². The number of hydrogen-bond donors (Lipinski definition) is 2. The van der Waals surface area contributed by atoms with Gasteiger partial charge in [0, 0.05) is 4.88 Å². The summed E-state index contributed by atoms with van der Waals surface area (Å²) in [5.41, 5.74) is 4.61. The Morgan fingerprint density at radius 3 is 3.06 bits per heavy atom. The van der Waals surface area contributed by atoms with E-state index in [-0.39, 0.29) is 0 Å². The van der Waals surface area contributed by atoms with E-state index in [0.717, 1.165) is 34.3 Å². The minimum Gasteiger partial charge on any atom is -0.375 e. The van der Waals surface area contributed by atoms with Crippen LogP contribution in [0.15, 0.2) is 6.07 Å². The molecule has 0 aliphatic heterocycles. The van der Waals surface area contributed by atoms with Crippen molar-refractivity contribution in [3.8, 4) is 0 Å². The topological polar surface area (TPSA) is 40.7 Å². The Labute approximate surface area is 109 Å². The Morgan fingerprint density at radius 1 is 1.53 bits per heavy atom. The van der Waals surface area contributed by atoms with Crippen molar-refractivity contribution in [3.05, 3.63) is 32.2 Å². The lowest BCUT2D eigenvalue weighted by Crippen LogP contribution is -2.07. The summed E-state index contributed by atoms with van der Waals surface area (Å²) in [6.07, 6.45) is 2.27. The molecule has 0 saturated heterocycles. The molecular weight excluding hydrogens is 254 g/mol. The number of aryl methyl sites for hydroxylation is 3. The van der Waals surface area contributed by atoms with Gasteiger partial charge in [0.25, 0.3) is 0 Å². The van der Waals surface area contributed by atoms with E-state index in [0.29, 0.717) is 6.04 Å². The standard InChI is InChI=1S/C12H14ClN3S/c1-6-12(7(2)16-15-6)14-9-3-4-10-8(9)5-11(13)17-10/h5,9,14H,3-4H2,1-2H3,(H,15,16). The van der Waals surface area contributed by atoms with Gasteiger partial charge in [-0.2, -0.15) is 5.10 Å². The number of hydrogen-bond acceptors (Lipinski definition) is 3. The van der Waals surface area contributed by atoms with E-state index in [2.05, 4.69) is 21.6 Å². The summed E-state index contributed by atoms with van der Waals surface area (Å²) in [7, 11) is 0. The average molecular weight is 268 g/mol. The van der Waals surface area contributed by atoms with E-state index in [1.165, 1.54) is 10.4 Å². The Balaban J connectivity index is 1.88. The summed E-state index contributed by atoms with van der Waals surface area (Å²) in [4.78, 5) is 1.42. The average Bonchev–Trinajstić information content (AvgIpc) is 2.90. The summed E-state index contributed by atoms with van der Waals surface area (Å²) in [6.45, 7) is 4.06. The predicted molar refractivity (Wildman–Crippen MR) is 72.1 cm³/mol. The number of H-pyrrole nitrogens is 1. The van der Waals surface area contributed by atoms with Gasteiger partial charge in [0.2, 0.25) is 0 Å². The van der Waals surface area contributed by atoms with Gasteiger partial charge in [0.15, 0.2) is 0 Å². The van der Waals surface area contributed by atoms with Gasteiger partial charge >= 0.3 is 0 Å². The predicted octanol–water partition coefficient (Wildman–Crippen LogP) is 3.84. The Morgan fingerprint density at radius 2 is 2.35 bits per heavy atom. The van der Waals surface area contributed by atoms with Crippen molar-refractivity contribution in [1.82, 2.24) is 10.2 Å². The summed E-state index contributed by atoms with van der Waals surface area (Å²) in [6, 6.07) is 2.47. The molecule has 0 bridgehead atoms. The van der Waals surface area contributed by atoms with Gasteiger partial charge in [0.1, 0.15) is 0 Å². The number of anilines is 1. The molecule has 3 nitrogen and oxygen atoms in total. The molecule has 1 aliphatic rings. The van der Waals surface area contributed by atoms with Gasteiger partial charge in [-0.15, -0.1) is 11.3 Å². The van der Waals surface area contributed by atoms with Crippen LogP contribution in [0.25, 0.3) is 0 Å². The minimum absolute atomic E-state index is 0.378. The number of aromatic nitrogens is 2. The molecule has 3 rings (SSSR count). The first-order valence-corrected chi connectivity index (χ1v) is 6.91. The number of fused-ring (bicyclic) bond motifs is 1. The lowest BCUT2D eigenvalue weighted by molar-refractivity contribution is 0.760. The Bertz CT molecular complexity index is 539. The first-order valence-electron chi connectivity index (χ1n) is 5.71. The number of rotatable bonds is 2. The van der Waals surface area contributed by atoms with Crippen LogP contribution in [0.4, 0.5) is 5.69 Å². The molecule has 2 N–H and O–H groups in total. The van der Waals surface area contributed by atoms with E-state index < -0.39 is 0 Å². The largest absolute Gasteiger partial charge is 0.375 e. The van der Waals surface area contributed by atoms with Crippen LogP contribution < -0.4 is 5.32 Å². The van der Waals surface area contributed by atoms with Crippen molar-refractivity contribution in [3.63, 3.8) is 0 Å². The highest BCUT2D eigenvalue weighted by Gasteiger charge is 2.26. The van der Waals surface area contributed by atoms with Gasteiger partial charge in [0.05, 0.1) is 27.5 Å². The van der Waals surface area contributed by atoms with E-state index in [9.17, 15) is 0 Å². The zero-order valence-corrected chi connectivity index (χ0v) is 11.4. The van der Waals surface area contributed by atoms with Crippen molar-refractivity contribution in [2.45, 2.75) is 32.7 Å². The maximum absolute atomic E-state index is 6.06. The molecule has 1 atom stereocenters. The van der Waals surface area contributed by atoms with Gasteiger partial charge < -0.3 is 5.32 Å². The second-order valence-corrected chi connectivity index (χ2v) is 6.24. The van der Waals surface area contributed by atoms with E-state index in [1.54, 1.807) is 11.3 Å². The number of thiophene rings is 1. The molecule has 0 spiro atoms. The second kappa shape index (κ2) is 4.03. The third-order valence-corrected chi connectivity index (χ3v) is 4.63. The molecule has 0 amide bonds. The lowest BCUT2D eigenvalue weighted by atomic mass is 10.1. The molecular formula is C12H14ClN3S. The van der Waals surface area contributed by atoms with Crippen LogP contribution in [0.3, 0.4) is 0 Å². The first-order chi connectivity index (χ1) is 8.15. The fraction of sp³-hybridized carbons (Fsp3) is 0.417. The smallest absolute Gasteiger partial charge is 0.0934 e. The second-order valence-electron chi connectivity index (χ2n) is 4.47. The molecule has 17 heavy (non-hydrogen) atoms. The molecule has 2 heterocycles. The van der Waals surface area contributed by atoms with E-state index in [1.807, 2.05) is 13.8 Å². The van der Waals surface area contributed by atoms with Crippen LogP contribution in [0, 0.1) is 13.8 Å². The molecule has 0 aromatic carbocycles. The first kappa shape index (κ1) is 11.1. The molecule has 90 valence electrons. The quantitative estimate of drug-likeness (QED) is 0.868.